The summed E-state index contributed by atoms with van der Waals surface area (Å²) in [6, 6.07) is 9.83. The molecule has 154 valence electrons. The van der Waals surface area contributed by atoms with Crippen molar-refractivity contribution in [2.45, 2.75) is 13.5 Å². The molecule has 0 amide bonds. The molecule has 0 bridgehead atoms. The zero-order chi connectivity index (χ0) is 21.4. The van der Waals surface area contributed by atoms with Gasteiger partial charge in [-0.05, 0) is 25.1 Å². The van der Waals surface area contributed by atoms with Crippen LogP contribution in [-0.4, -0.2) is 45.7 Å². The molecule has 1 fully saturated rings. The van der Waals surface area contributed by atoms with Gasteiger partial charge >= 0.3 is 0 Å². The predicted molar refractivity (Wildman–Crippen MR) is 112 cm³/mol. The molecule has 0 unspecified atom stereocenters. The number of anilines is 1. The van der Waals surface area contributed by atoms with E-state index in [-0.39, 0.29) is 16.9 Å². The number of phenols is 1. The van der Waals surface area contributed by atoms with Crippen molar-refractivity contribution >= 4 is 16.7 Å². The Balaban J connectivity index is 1.63. The zero-order valence-corrected chi connectivity index (χ0v) is 16.9. The highest BCUT2D eigenvalue weighted by Gasteiger charge is 2.25. The van der Waals surface area contributed by atoms with E-state index < -0.39 is 5.82 Å². The fourth-order valence-corrected chi connectivity index (χ4v) is 3.94. The Bertz CT molecular complexity index is 1220. The lowest BCUT2D eigenvalue weighted by atomic mass is 10.1. The van der Waals surface area contributed by atoms with Crippen LogP contribution in [0.4, 0.5) is 10.1 Å². The van der Waals surface area contributed by atoms with Gasteiger partial charge in [0.1, 0.15) is 28.7 Å². The van der Waals surface area contributed by atoms with Gasteiger partial charge in [0.25, 0.3) is 5.56 Å². The molecular weight excluding hydrogens is 385 g/mol. The maximum Gasteiger partial charge on any atom is 0.270 e. The quantitative estimate of drug-likeness (QED) is 0.717. The number of fused-ring (bicyclic) bond motifs is 1. The Hall–Kier alpha value is -3.44. The van der Waals surface area contributed by atoms with Crippen molar-refractivity contribution in [1.82, 2.24) is 14.5 Å². The number of rotatable bonds is 3. The predicted octanol–water partition coefficient (Wildman–Crippen LogP) is 2.28. The largest absolute Gasteiger partial charge is 0.508 e. The van der Waals surface area contributed by atoms with Crippen molar-refractivity contribution in [1.29, 1.82) is 5.26 Å². The van der Waals surface area contributed by atoms with E-state index in [0.717, 1.165) is 11.8 Å². The van der Waals surface area contributed by atoms with Gasteiger partial charge in [0.2, 0.25) is 0 Å². The molecule has 30 heavy (non-hydrogen) atoms. The summed E-state index contributed by atoms with van der Waals surface area (Å²) in [7, 11) is 1.65. The Morgan fingerprint density at radius 2 is 1.93 bits per heavy atom. The van der Waals surface area contributed by atoms with Crippen LogP contribution in [0.2, 0.25) is 0 Å². The van der Waals surface area contributed by atoms with Crippen molar-refractivity contribution in [2.75, 3.05) is 31.1 Å². The summed E-state index contributed by atoms with van der Waals surface area (Å²) < 4.78 is 14.7. The van der Waals surface area contributed by atoms with E-state index in [1.54, 1.807) is 13.1 Å². The molecule has 1 aliphatic heterocycles. The molecule has 4 rings (SSSR count). The molecule has 2 aromatic heterocycles. The maximum absolute atomic E-state index is 13.2. The second-order valence-corrected chi connectivity index (χ2v) is 7.56. The average Bonchev–Trinajstić information content (AvgIpc) is 2.73. The second-order valence-electron chi connectivity index (χ2n) is 7.56. The van der Waals surface area contributed by atoms with Crippen LogP contribution < -0.4 is 10.5 Å². The van der Waals surface area contributed by atoms with Crippen LogP contribution in [0.1, 0.15) is 16.8 Å². The summed E-state index contributed by atoms with van der Waals surface area (Å²) in [6.07, 6.45) is 0. The summed E-state index contributed by atoms with van der Waals surface area (Å²) >= 11 is 0. The Kier molecular flexibility index (Phi) is 5.14. The Morgan fingerprint density at radius 1 is 1.20 bits per heavy atom. The maximum atomic E-state index is 13.2. The van der Waals surface area contributed by atoms with Crippen LogP contribution in [0.25, 0.3) is 11.0 Å². The van der Waals surface area contributed by atoms with Crippen LogP contribution >= 0.6 is 0 Å². The third-order valence-electron chi connectivity index (χ3n) is 5.60. The Labute approximate surface area is 173 Å². The fraction of sp³-hybridized carbons (Fsp3) is 0.318. The molecule has 7 nitrogen and oxygen atoms in total. The third-order valence-corrected chi connectivity index (χ3v) is 5.60. The first-order chi connectivity index (χ1) is 14.4. The normalized spacial score (nSPS) is 14.8. The molecule has 1 aromatic carbocycles. The molecule has 1 saturated heterocycles. The number of benzene rings is 1. The third kappa shape index (κ3) is 3.48. The van der Waals surface area contributed by atoms with E-state index in [1.165, 1.54) is 10.6 Å². The van der Waals surface area contributed by atoms with Gasteiger partial charge in [-0.3, -0.25) is 9.69 Å². The van der Waals surface area contributed by atoms with Crippen LogP contribution in [-0.2, 0) is 13.6 Å². The summed E-state index contributed by atoms with van der Waals surface area (Å²) in [4.78, 5) is 21.6. The average molecular weight is 407 g/mol. The van der Waals surface area contributed by atoms with Gasteiger partial charge in [0, 0.05) is 57.1 Å². The standard InChI is InChI=1S/C22H22FN5O2/c1-14-3-6-18-20(25-14)21(17(12-24)22(30)26(18)2)28-9-7-27(8-10-28)13-15-4-5-16(23)11-19(15)29/h3-6,11,29H,7-10,13H2,1-2H3. The molecule has 0 spiro atoms. The lowest BCUT2D eigenvalue weighted by molar-refractivity contribution is 0.246. The number of hydrogen-bond acceptors (Lipinski definition) is 6. The second kappa shape index (κ2) is 7.76. The summed E-state index contributed by atoms with van der Waals surface area (Å²) in [5.41, 5.74) is 3.19. The van der Waals surface area contributed by atoms with Crippen molar-refractivity contribution < 1.29 is 9.50 Å². The zero-order valence-electron chi connectivity index (χ0n) is 16.9. The minimum Gasteiger partial charge on any atom is -0.508 e. The number of aromatic hydroxyl groups is 1. The first-order valence-electron chi connectivity index (χ1n) is 9.74. The highest BCUT2D eigenvalue weighted by Crippen LogP contribution is 2.29. The lowest BCUT2D eigenvalue weighted by Gasteiger charge is -2.36. The summed E-state index contributed by atoms with van der Waals surface area (Å²) in [5.74, 6) is -0.521. The monoisotopic (exact) mass is 407 g/mol. The summed E-state index contributed by atoms with van der Waals surface area (Å²) in [5, 5.41) is 19.7. The van der Waals surface area contributed by atoms with Gasteiger partial charge in [0.15, 0.2) is 0 Å². The van der Waals surface area contributed by atoms with Gasteiger partial charge in [-0.25, -0.2) is 9.37 Å². The lowest BCUT2D eigenvalue weighted by Crippen LogP contribution is -2.47. The molecule has 0 atom stereocenters. The van der Waals surface area contributed by atoms with Gasteiger partial charge in [0.05, 0.1) is 11.2 Å². The Morgan fingerprint density at radius 3 is 2.60 bits per heavy atom. The van der Waals surface area contributed by atoms with Crippen LogP contribution in [0.15, 0.2) is 35.1 Å². The van der Waals surface area contributed by atoms with E-state index >= 15 is 0 Å². The topological polar surface area (TPSA) is 85.4 Å². The summed E-state index contributed by atoms with van der Waals surface area (Å²) in [6.45, 7) is 4.94. The molecular formula is C22H22FN5O2. The molecule has 1 N–H and O–H groups in total. The molecule has 8 heteroatoms. The fourth-order valence-electron chi connectivity index (χ4n) is 3.94. The van der Waals surface area contributed by atoms with Gasteiger partial charge in [-0.1, -0.05) is 6.07 Å². The van der Waals surface area contributed by atoms with Crippen LogP contribution in [0.5, 0.6) is 5.75 Å². The number of aromatic nitrogens is 2. The minimum atomic E-state index is -0.467. The molecule has 0 aliphatic carbocycles. The SMILES string of the molecule is Cc1ccc2c(n1)c(N1CCN(Cc3ccc(F)cc3O)CC1)c(C#N)c(=O)n2C. The number of hydrogen-bond donors (Lipinski definition) is 1. The molecule has 3 aromatic rings. The van der Waals surface area contributed by atoms with E-state index in [9.17, 15) is 19.6 Å². The highest BCUT2D eigenvalue weighted by molar-refractivity contribution is 5.91. The van der Waals surface area contributed by atoms with E-state index in [0.29, 0.717) is 55.0 Å². The number of halogens is 1. The van der Waals surface area contributed by atoms with E-state index in [1.807, 2.05) is 24.0 Å². The first kappa shape index (κ1) is 19.9. The minimum absolute atomic E-state index is 0.0542. The highest BCUT2D eigenvalue weighted by atomic mass is 19.1. The number of phenolic OH excluding ortho intramolecular Hbond substituents is 1. The number of nitrogens with zero attached hydrogens (tertiary/aromatic N) is 5. The van der Waals surface area contributed by atoms with Crippen molar-refractivity contribution in [2.24, 2.45) is 7.05 Å². The van der Waals surface area contributed by atoms with Crippen molar-refractivity contribution in [3.8, 4) is 11.8 Å². The van der Waals surface area contributed by atoms with Crippen molar-refractivity contribution in [3.05, 3.63) is 63.3 Å². The van der Waals surface area contributed by atoms with Gasteiger partial charge < -0.3 is 14.6 Å². The van der Waals surface area contributed by atoms with Gasteiger partial charge in [-0.2, -0.15) is 5.26 Å². The number of pyridine rings is 2. The van der Waals surface area contributed by atoms with Crippen LogP contribution in [0, 0.1) is 24.1 Å². The van der Waals surface area contributed by atoms with E-state index in [4.69, 9.17) is 0 Å². The molecule has 1 aliphatic rings. The number of nitriles is 1. The molecule has 0 radical (unpaired) electrons. The van der Waals surface area contributed by atoms with Gasteiger partial charge in [-0.15, -0.1) is 0 Å². The van der Waals surface area contributed by atoms with Crippen LogP contribution in [0.3, 0.4) is 0 Å². The number of aryl methyl sites for hydroxylation is 2. The first-order valence-corrected chi connectivity index (χ1v) is 9.74. The van der Waals surface area contributed by atoms with Crippen molar-refractivity contribution in [3.63, 3.8) is 0 Å². The molecule has 3 heterocycles. The molecule has 0 saturated carbocycles. The smallest absolute Gasteiger partial charge is 0.270 e. The number of piperazine rings is 1. The van der Waals surface area contributed by atoms with E-state index in [2.05, 4.69) is 16.0 Å².